The first-order valence-corrected chi connectivity index (χ1v) is 7.74. The van der Waals surface area contributed by atoms with Crippen LogP contribution in [0.25, 0.3) is 0 Å². The molecular formula is C12H19N3O4S. The van der Waals surface area contributed by atoms with Gasteiger partial charge in [-0.2, -0.15) is 0 Å². The first kappa shape index (κ1) is 16.3. The molecule has 0 bridgehead atoms. The maximum absolute atomic E-state index is 11.6. The summed E-state index contributed by atoms with van der Waals surface area (Å²) in [4.78, 5) is 10.6. The van der Waals surface area contributed by atoms with E-state index in [0.29, 0.717) is 11.4 Å². The average molecular weight is 301 g/mol. The average Bonchev–Trinajstić information content (AvgIpc) is 2.34. The van der Waals surface area contributed by atoms with Gasteiger partial charge in [0.05, 0.1) is 5.75 Å². The second-order valence-corrected chi connectivity index (χ2v) is 6.04. The third kappa shape index (κ3) is 6.95. The summed E-state index contributed by atoms with van der Waals surface area (Å²) < 4.78 is 30.9. The number of hydrogen-bond acceptors (Lipinski definition) is 5. The molecule has 0 fully saturated rings. The molecule has 4 N–H and O–H groups in total. The van der Waals surface area contributed by atoms with Crippen molar-refractivity contribution in [3.05, 3.63) is 24.3 Å². The number of carbonyl (C=O) groups excluding carboxylic acids is 1. The van der Waals surface area contributed by atoms with Gasteiger partial charge in [0.2, 0.25) is 15.9 Å². The van der Waals surface area contributed by atoms with Crippen LogP contribution < -0.4 is 20.5 Å². The zero-order valence-corrected chi connectivity index (χ0v) is 12.1. The Labute approximate surface area is 118 Å². The number of nitrogen functional groups attached to an aromatic ring is 1. The SMILES string of the molecule is CC(=O)NCCNS(=O)(=O)CCOc1cccc(N)c1. The van der Waals surface area contributed by atoms with Crippen molar-refractivity contribution in [1.82, 2.24) is 10.0 Å². The Bertz CT molecular complexity index is 545. The molecule has 1 amide bonds. The number of benzene rings is 1. The smallest absolute Gasteiger partial charge is 0.216 e. The van der Waals surface area contributed by atoms with Gasteiger partial charge in [-0.25, -0.2) is 13.1 Å². The van der Waals surface area contributed by atoms with Gasteiger partial charge in [-0.3, -0.25) is 4.79 Å². The molecule has 0 saturated carbocycles. The van der Waals surface area contributed by atoms with Crippen LogP contribution in [0.15, 0.2) is 24.3 Å². The molecule has 0 unspecified atom stereocenters. The van der Waals surface area contributed by atoms with Crippen LogP contribution in [0.3, 0.4) is 0 Å². The first-order valence-electron chi connectivity index (χ1n) is 6.09. The van der Waals surface area contributed by atoms with E-state index in [1.807, 2.05) is 0 Å². The minimum absolute atomic E-state index is 0.0267. The van der Waals surface area contributed by atoms with Crippen molar-refractivity contribution in [2.45, 2.75) is 6.92 Å². The normalized spacial score (nSPS) is 11.1. The van der Waals surface area contributed by atoms with Crippen molar-refractivity contribution in [1.29, 1.82) is 0 Å². The largest absolute Gasteiger partial charge is 0.492 e. The highest BCUT2D eigenvalue weighted by atomic mass is 32.2. The molecule has 0 spiro atoms. The Morgan fingerprint density at radius 2 is 2.10 bits per heavy atom. The topological polar surface area (TPSA) is 111 Å². The van der Waals surface area contributed by atoms with Crippen LogP contribution in [-0.2, 0) is 14.8 Å². The van der Waals surface area contributed by atoms with E-state index in [0.717, 1.165) is 0 Å². The molecule has 0 atom stereocenters. The van der Waals surface area contributed by atoms with E-state index in [1.54, 1.807) is 24.3 Å². The molecule has 0 aliphatic carbocycles. The van der Waals surface area contributed by atoms with Crippen LogP contribution in [0, 0.1) is 0 Å². The number of rotatable bonds is 8. The minimum atomic E-state index is -3.42. The van der Waals surface area contributed by atoms with Crippen LogP contribution in [0.1, 0.15) is 6.92 Å². The fraction of sp³-hybridized carbons (Fsp3) is 0.417. The molecule has 0 saturated heterocycles. The molecule has 0 aliphatic heterocycles. The summed E-state index contributed by atoms with van der Waals surface area (Å²) >= 11 is 0. The van der Waals surface area contributed by atoms with Crippen LogP contribution in [0.4, 0.5) is 5.69 Å². The Kier molecular flexibility index (Phi) is 6.26. The second kappa shape index (κ2) is 7.71. The summed E-state index contributed by atoms with van der Waals surface area (Å²) in [5.74, 6) is 0.162. The van der Waals surface area contributed by atoms with E-state index in [2.05, 4.69) is 10.0 Å². The molecule has 1 rings (SSSR count). The van der Waals surface area contributed by atoms with E-state index < -0.39 is 10.0 Å². The Morgan fingerprint density at radius 1 is 1.35 bits per heavy atom. The lowest BCUT2D eigenvalue weighted by Crippen LogP contribution is -2.35. The number of ether oxygens (including phenoxy) is 1. The van der Waals surface area contributed by atoms with E-state index in [1.165, 1.54) is 6.92 Å². The van der Waals surface area contributed by atoms with Gasteiger partial charge in [-0.05, 0) is 12.1 Å². The number of nitrogens with one attached hydrogen (secondary N) is 2. The maximum Gasteiger partial charge on any atom is 0.216 e. The number of anilines is 1. The summed E-state index contributed by atoms with van der Waals surface area (Å²) in [6.45, 7) is 1.80. The van der Waals surface area contributed by atoms with Crippen molar-refractivity contribution in [2.75, 3.05) is 31.2 Å². The van der Waals surface area contributed by atoms with Gasteiger partial charge in [0, 0.05) is 31.8 Å². The van der Waals surface area contributed by atoms with Crippen molar-refractivity contribution < 1.29 is 17.9 Å². The third-order valence-electron chi connectivity index (χ3n) is 2.30. The first-order chi connectivity index (χ1) is 9.39. The highest BCUT2D eigenvalue weighted by Gasteiger charge is 2.09. The van der Waals surface area contributed by atoms with Gasteiger partial charge in [0.1, 0.15) is 12.4 Å². The van der Waals surface area contributed by atoms with Crippen LogP contribution in [-0.4, -0.2) is 39.8 Å². The number of hydrogen-bond donors (Lipinski definition) is 3. The quantitative estimate of drug-likeness (QED) is 0.451. The van der Waals surface area contributed by atoms with Crippen LogP contribution >= 0.6 is 0 Å². The highest BCUT2D eigenvalue weighted by molar-refractivity contribution is 7.89. The molecule has 7 nitrogen and oxygen atoms in total. The second-order valence-electron chi connectivity index (χ2n) is 4.12. The molecule has 20 heavy (non-hydrogen) atoms. The molecule has 0 heterocycles. The van der Waals surface area contributed by atoms with Gasteiger partial charge in [0.25, 0.3) is 0 Å². The monoisotopic (exact) mass is 301 g/mol. The number of nitrogens with two attached hydrogens (primary N) is 1. The molecule has 112 valence electrons. The fourth-order valence-corrected chi connectivity index (χ4v) is 2.25. The number of carbonyl (C=O) groups is 1. The summed E-state index contributed by atoms with van der Waals surface area (Å²) in [5, 5.41) is 2.50. The molecule has 0 aliphatic rings. The van der Waals surface area contributed by atoms with Crippen LogP contribution in [0.2, 0.25) is 0 Å². The molecular weight excluding hydrogens is 282 g/mol. The Hall–Kier alpha value is -1.80. The summed E-state index contributed by atoms with van der Waals surface area (Å²) in [7, 11) is -3.42. The van der Waals surface area contributed by atoms with Crippen molar-refractivity contribution in [3.63, 3.8) is 0 Å². The summed E-state index contributed by atoms with van der Waals surface area (Å²) in [6.07, 6.45) is 0. The predicted molar refractivity (Wildman–Crippen MR) is 76.8 cm³/mol. The zero-order chi connectivity index (χ0) is 15.0. The van der Waals surface area contributed by atoms with Gasteiger partial charge in [-0.1, -0.05) is 6.07 Å². The fourth-order valence-electron chi connectivity index (χ4n) is 1.39. The van der Waals surface area contributed by atoms with E-state index >= 15 is 0 Å². The lowest BCUT2D eigenvalue weighted by atomic mass is 10.3. The number of sulfonamides is 1. The molecule has 1 aromatic rings. The Balaban J connectivity index is 2.27. The molecule has 1 aromatic carbocycles. The summed E-state index contributed by atoms with van der Waals surface area (Å²) in [6, 6.07) is 6.77. The van der Waals surface area contributed by atoms with E-state index in [4.69, 9.17) is 10.5 Å². The minimum Gasteiger partial charge on any atom is -0.492 e. The Morgan fingerprint density at radius 3 is 2.75 bits per heavy atom. The highest BCUT2D eigenvalue weighted by Crippen LogP contribution is 2.14. The third-order valence-corrected chi connectivity index (χ3v) is 3.65. The van der Waals surface area contributed by atoms with Crippen molar-refractivity contribution >= 4 is 21.6 Å². The maximum atomic E-state index is 11.6. The molecule has 0 radical (unpaired) electrons. The summed E-state index contributed by atoms with van der Waals surface area (Å²) in [5.41, 5.74) is 6.13. The zero-order valence-electron chi connectivity index (χ0n) is 11.3. The van der Waals surface area contributed by atoms with Crippen molar-refractivity contribution in [3.8, 4) is 5.75 Å². The molecule has 0 aromatic heterocycles. The standard InChI is InChI=1S/C12H19N3O4S/c1-10(16)14-5-6-15-20(17,18)8-7-19-12-4-2-3-11(13)9-12/h2-4,9,15H,5-8,13H2,1H3,(H,14,16). The van der Waals surface area contributed by atoms with Crippen LogP contribution in [0.5, 0.6) is 5.75 Å². The lowest BCUT2D eigenvalue weighted by Gasteiger charge is -2.09. The predicted octanol–water partition coefficient (Wildman–Crippen LogP) is -0.297. The van der Waals surface area contributed by atoms with Crippen molar-refractivity contribution in [2.24, 2.45) is 0 Å². The van der Waals surface area contributed by atoms with Gasteiger partial charge >= 0.3 is 0 Å². The van der Waals surface area contributed by atoms with Gasteiger partial charge < -0.3 is 15.8 Å². The van der Waals surface area contributed by atoms with Gasteiger partial charge in [0.15, 0.2) is 0 Å². The lowest BCUT2D eigenvalue weighted by molar-refractivity contribution is -0.118. The van der Waals surface area contributed by atoms with Gasteiger partial charge in [-0.15, -0.1) is 0 Å². The molecule has 8 heteroatoms. The van der Waals surface area contributed by atoms with E-state index in [-0.39, 0.29) is 31.4 Å². The number of amides is 1. The van der Waals surface area contributed by atoms with E-state index in [9.17, 15) is 13.2 Å².